The lowest BCUT2D eigenvalue weighted by Crippen LogP contribution is -2.45. The SMILES string of the molecule is CCc1ccc(N2CC(C(=O)NNC(=O)c3ccccc3C)CC2=O)cc1. The molecule has 2 N–H and O–H groups in total. The highest BCUT2D eigenvalue weighted by molar-refractivity contribution is 6.01. The van der Waals surface area contributed by atoms with E-state index in [1.165, 1.54) is 5.56 Å². The number of anilines is 1. The summed E-state index contributed by atoms with van der Waals surface area (Å²) >= 11 is 0. The quantitative estimate of drug-likeness (QED) is 0.817. The number of carbonyl (C=O) groups excluding carboxylic acids is 3. The Morgan fingerprint density at radius 1 is 1.07 bits per heavy atom. The van der Waals surface area contributed by atoms with Gasteiger partial charge in [-0.1, -0.05) is 37.3 Å². The van der Waals surface area contributed by atoms with Crippen molar-refractivity contribution in [3.63, 3.8) is 0 Å². The Balaban J connectivity index is 1.58. The third-order valence-electron chi connectivity index (χ3n) is 4.84. The fourth-order valence-electron chi connectivity index (χ4n) is 3.16. The van der Waals surface area contributed by atoms with Crippen LogP contribution in [0.4, 0.5) is 5.69 Å². The molecule has 1 atom stereocenters. The van der Waals surface area contributed by atoms with Crippen LogP contribution in [0, 0.1) is 12.8 Å². The molecule has 6 nitrogen and oxygen atoms in total. The summed E-state index contributed by atoms with van der Waals surface area (Å²) in [5, 5.41) is 0. The largest absolute Gasteiger partial charge is 0.312 e. The van der Waals surface area contributed by atoms with Gasteiger partial charge in [-0.3, -0.25) is 25.2 Å². The van der Waals surface area contributed by atoms with E-state index in [0.29, 0.717) is 12.1 Å². The highest BCUT2D eigenvalue weighted by Crippen LogP contribution is 2.25. The van der Waals surface area contributed by atoms with Crippen LogP contribution in [0.5, 0.6) is 0 Å². The lowest BCUT2D eigenvalue weighted by Gasteiger charge is -2.17. The number of amides is 3. The first-order valence-corrected chi connectivity index (χ1v) is 9.04. The summed E-state index contributed by atoms with van der Waals surface area (Å²) in [6, 6.07) is 14.9. The maximum atomic E-state index is 12.4. The Kier molecular flexibility index (Phi) is 5.54. The molecule has 2 aromatic rings. The summed E-state index contributed by atoms with van der Waals surface area (Å²) < 4.78 is 0. The molecule has 1 unspecified atom stereocenters. The summed E-state index contributed by atoms with van der Waals surface area (Å²) in [6.45, 7) is 4.20. The van der Waals surface area contributed by atoms with Crippen LogP contribution >= 0.6 is 0 Å². The third kappa shape index (κ3) is 4.16. The summed E-state index contributed by atoms with van der Waals surface area (Å²) in [5.74, 6) is -1.33. The van der Waals surface area contributed by atoms with Crippen molar-refractivity contribution in [1.82, 2.24) is 10.9 Å². The van der Waals surface area contributed by atoms with E-state index in [0.717, 1.165) is 17.7 Å². The van der Waals surface area contributed by atoms with Crippen LogP contribution in [0.25, 0.3) is 0 Å². The van der Waals surface area contributed by atoms with E-state index in [4.69, 9.17) is 0 Å². The minimum Gasteiger partial charge on any atom is -0.312 e. The van der Waals surface area contributed by atoms with Crippen molar-refractivity contribution < 1.29 is 14.4 Å². The number of nitrogens with one attached hydrogen (secondary N) is 2. The van der Waals surface area contributed by atoms with Gasteiger partial charge >= 0.3 is 0 Å². The monoisotopic (exact) mass is 365 g/mol. The van der Waals surface area contributed by atoms with Gasteiger partial charge in [-0.2, -0.15) is 0 Å². The van der Waals surface area contributed by atoms with Gasteiger partial charge in [0, 0.05) is 24.2 Å². The molecule has 0 saturated carbocycles. The maximum absolute atomic E-state index is 12.4. The average molecular weight is 365 g/mol. The molecule has 1 heterocycles. The van der Waals surface area contributed by atoms with Crippen molar-refractivity contribution in [2.24, 2.45) is 5.92 Å². The van der Waals surface area contributed by atoms with Crippen LogP contribution in [0.3, 0.4) is 0 Å². The first kappa shape index (κ1) is 18.6. The van der Waals surface area contributed by atoms with Crippen LogP contribution < -0.4 is 15.8 Å². The zero-order chi connectivity index (χ0) is 19.4. The molecule has 0 aromatic heterocycles. The van der Waals surface area contributed by atoms with Crippen molar-refractivity contribution >= 4 is 23.4 Å². The van der Waals surface area contributed by atoms with E-state index in [2.05, 4.69) is 17.8 Å². The number of aryl methyl sites for hydroxylation is 2. The molecule has 0 radical (unpaired) electrons. The summed E-state index contributed by atoms with van der Waals surface area (Å²) in [6.07, 6.45) is 1.06. The van der Waals surface area contributed by atoms with Crippen molar-refractivity contribution in [2.75, 3.05) is 11.4 Å². The molecule has 1 aliphatic heterocycles. The second kappa shape index (κ2) is 8.03. The number of benzene rings is 2. The normalized spacial score (nSPS) is 16.3. The lowest BCUT2D eigenvalue weighted by molar-refractivity contribution is -0.126. The van der Waals surface area contributed by atoms with Gasteiger partial charge in [-0.15, -0.1) is 0 Å². The Morgan fingerprint density at radius 2 is 1.78 bits per heavy atom. The van der Waals surface area contributed by atoms with Gasteiger partial charge in [0.2, 0.25) is 11.8 Å². The number of nitrogens with zero attached hydrogens (tertiary/aromatic N) is 1. The smallest absolute Gasteiger partial charge is 0.269 e. The molecule has 6 heteroatoms. The Hall–Kier alpha value is -3.15. The number of hydrogen-bond acceptors (Lipinski definition) is 3. The van der Waals surface area contributed by atoms with Gasteiger partial charge in [0.05, 0.1) is 5.92 Å². The van der Waals surface area contributed by atoms with E-state index in [-0.39, 0.29) is 24.1 Å². The van der Waals surface area contributed by atoms with Gasteiger partial charge in [0.1, 0.15) is 0 Å². The van der Waals surface area contributed by atoms with E-state index in [1.54, 1.807) is 17.0 Å². The molecular formula is C21H23N3O3. The van der Waals surface area contributed by atoms with Crippen LogP contribution in [-0.2, 0) is 16.0 Å². The average Bonchev–Trinajstić information content (AvgIpc) is 3.08. The number of carbonyl (C=O) groups is 3. The zero-order valence-electron chi connectivity index (χ0n) is 15.5. The van der Waals surface area contributed by atoms with Crippen molar-refractivity contribution in [2.45, 2.75) is 26.7 Å². The molecular weight excluding hydrogens is 342 g/mol. The molecule has 0 bridgehead atoms. The zero-order valence-corrected chi connectivity index (χ0v) is 15.5. The second-order valence-electron chi connectivity index (χ2n) is 6.68. The van der Waals surface area contributed by atoms with Gasteiger partial charge in [0.15, 0.2) is 0 Å². The molecule has 1 aliphatic rings. The number of hydrazine groups is 1. The van der Waals surface area contributed by atoms with Crippen LogP contribution in [0.15, 0.2) is 48.5 Å². The molecule has 27 heavy (non-hydrogen) atoms. The van der Waals surface area contributed by atoms with E-state index in [9.17, 15) is 14.4 Å². The first-order valence-electron chi connectivity index (χ1n) is 9.04. The summed E-state index contributed by atoms with van der Waals surface area (Å²) in [5.41, 5.74) is 8.18. The number of hydrogen-bond donors (Lipinski definition) is 2. The molecule has 0 aliphatic carbocycles. The van der Waals surface area contributed by atoms with Crippen LogP contribution in [-0.4, -0.2) is 24.3 Å². The Morgan fingerprint density at radius 3 is 2.44 bits per heavy atom. The fourth-order valence-corrected chi connectivity index (χ4v) is 3.16. The highest BCUT2D eigenvalue weighted by Gasteiger charge is 2.35. The minimum absolute atomic E-state index is 0.0929. The minimum atomic E-state index is -0.500. The third-order valence-corrected chi connectivity index (χ3v) is 4.84. The topological polar surface area (TPSA) is 78.5 Å². The van der Waals surface area contributed by atoms with Gasteiger partial charge < -0.3 is 4.90 Å². The highest BCUT2D eigenvalue weighted by atomic mass is 16.2. The second-order valence-corrected chi connectivity index (χ2v) is 6.68. The Labute approximate surface area is 158 Å². The molecule has 140 valence electrons. The van der Waals surface area contributed by atoms with Crippen LogP contribution in [0.2, 0.25) is 0 Å². The van der Waals surface area contributed by atoms with Gasteiger partial charge in [-0.25, -0.2) is 0 Å². The van der Waals surface area contributed by atoms with Gasteiger partial charge in [-0.05, 0) is 42.7 Å². The number of rotatable bonds is 4. The van der Waals surface area contributed by atoms with Crippen LogP contribution in [0.1, 0.15) is 34.8 Å². The van der Waals surface area contributed by atoms with E-state index in [1.807, 2.05) is 43.3 Å². The first-order chi connectivity index (χ1) is 13.0. The molecule has 1 fully saturated rings. The summed E-state index contributed by atoms with van der Waals surface area (Å²) in [7, 11) is 0. The molecule has 3 amide bonds. The van der Waals surface area contributed by atoms with E-state index < -0.39 is 5.92 Å². The fraction of sp³-hybridized carbons (Fsp3) is 0.286. The summed E-state index contributed by atoms with van der Waals surface area (Å²) in [4.78, 5) is 38.5. The molecule has 3 rings (SSSR count). The molecule has 1 saturated heterocycles. The maximum Gasteiger partial charge on any atom is 0.269 e. The standard InChI is InChI=1S/C21H23N3O3/c1-3-15-8-10-17(11-9-15)24-13-16(12-19(24)25)20(26)22-23-21(27)18-7-5-4-6-14(18)2/h4-11,16H,3,12-13H2,1-2H3,(H,22,26)(H,23,27). The lowest BCUT2D eigenvalue weighted by atomic mass is 10.1. The predicted octanol–water partition coefficient (Wildman–Crippen LogP) is 2.37. The van der Waals surface area contributed by atoms with Crippen molar-refractivity contribution in [3.8, 4) is 0 Å². The predicted molar refractivity (Wildman–Crippen MR) is 103 cm³/mol. The van der Waals surface area contributed by atoms with Gasteiger partial charge in [0.25, 0.3) is 5.91 Å². The van der Waals surface area contributed by atoms with E-state index >= 15 is 0 Å². The van der Waals surface area contributed by atoms with Crippen molar-refractivity contribution in [3.05, 3.63) is 65.2 Å². The molecule has 0 spiro atoms. The Bertz CT molecular complexity index is 861. The van der Waals surface area contributed by atoms with Crippen molar-refractivity contribution in [1.29, 1.82) is 0 Å². The molecule has 2 aromatic carbocycles.